The van der Waals surface area contributed by atoms with Crippen molar-refractivity contribution >= 4 is 34.2 Å². The van der Waals surface area contributed by atoms with E-state index in [1.807, 2.05) is 62.4 Å². The number of nitrogens with one attached hydrogen (secondary N) is 1. The summed E-state index contributed by atoms with van der Waals surface area (Å²) in [5, 5.41) is 3.51. The Labute approximate surface area is 203 Å². The van der Waals surface area contributed by atoms with Gasteiger partial charge in [0.05, 0.1) is 25.9 Å². The standard InChI is InChI=1S/C27H28N2O4S/c1-18-9-11-22(32-3)21(17-18)10-12-23(30)28-26-24(27(31)29-13-15-33-16-14-29)19(2)25(34-26)20-7-5-4-6-8-20/h4-12,17H,13-16H2,1-3H3,(H,28,30)/b12-10+. The highest BCUT2D eigenvalue weighted by Gasteiger charge is 2.27. The third-order valence-corrected chi connectivity index (χ3v) is 6.99. The second-order valence-electron chi connectivity index (χ2n) is 8.10. The summed E-state index contributed by atoms with van der Waals surface area (Å²) in [6, 6.07) is 15.7. The van der Waals surface area contributed by atoms with Gasteiger partial charge in [0.25, 0.3) is 5.91 Å². The largest absolute Gasteiger partial charge is 0.496 e. The third kappa shape index (κ3) is 5.21. The van der Waals surface area contributed by atoms with Gasteiger partial charge in [0, 0.05) is 29.6 Å². The number of hydrogen-bond donors (Lipinski definition) is 1. The minimum absolute atomic E-state index is 0.0844. The first kappa shape index (κ1) is 23.7. The molecule has 34 heavy (non-hydrogen) atoms. The fourth-order valence-corrected chi connectivity index (χ4v) is 5.16. The van der Waals surface area contributed by atoms with Crippen molar-refractivity contribution in [3.63, 3.8) is 0 Å². The molecule has 0 unspecified atom stereocenters. The van der Waals surface area contributed by atoms with E-state index in [4.69, 9.17) is 9.47 Å². The highest BCUT2D eigenvalue weighted by molar-refractivity contribution is 7.20. The number of morpholine rings is 1. The molecular weight excluding hydrogens is 448 g/mol. The first-order valence-corrected chi connectivity index (χ1v) is 12.0. The van der Waals surface area contributed by atoms with Crippen LogP contribution in [0.1, 0.15) is 27.0 Å². The Bertz CT molecular complexity index is 1210. The van der Waals surface area contributed by atoms with E-state index in [-0.39, 0.29) is 11.8 Å². The number of amides is 2. The van der Waals surface area contributed by atoms with E-state index >= 15 is 0 Å². The van der Waals surface area contributed by atoms with E-state index in [0.29, 0.717) is 42.6 Å². The van der Waals surface area contributed by atoms with Crippen LogP contribution in [0.3, 0.4) is 0 Å². The zero-order chi connectivity index (χ0) is 24.1. The summed E-state index contributed by atoms with van der Waals surface area (Å²) in [4.78, 5) is 29.1. The van der Waals surface area contributed by atoms with Gasteiger partial charge in [-0.1, -0.05) is 42.0 Å². The van der Waals surface area contributed by atoms with E-state index in [1.54, 1.807) is 18.1 Å². The first-order chi connectivity index (χ1) is 16.5. The zero-order valence-corrected chi connectivity index (χ0v) is 20.4. The van der Waals surface area contributed by atoms with Crippen LogP contribution in [0.15, 0.2) is 54.6 Å². The van der Waals surface area contributed by atoms with Crippen LogP contribution < -0.4 is 10.1 Å². The van der Waals surface area contributed by atoms with Crippen LogP contribution in [-0.4, -0.2) is 50.1 Å². The molecule has 4 rings (SSSR count). The normalized spacial score (nSPS) is 13.8. The van der Waals surface area contributed by atoms with Crippen LogP contribution in [0.25, 0.3) is 16.5 Å². The van der Waals surface area contributed by atoms with Crippen molar-refractivity contribution in [1.82, 2.24) is 4.90 Å². The van der Waals surface area contributed by atoms with Gasteiger partial charge in [-0.2, -0.15) is 0 Å². The van der Waals surface area contributed by atoms with Gasteiger partial charge < -0.3 is 19.7 Å². The summed E-state index contributed by atoms with van der Waals surface area (Å²) in [7, 11) is 1.60. The number of thiophene rings is 1. The van der Waals surface area contributed by atoms with E-state index in [2.05, 4.69) is 5.32 Å². The Morgan fingerprint density at radius 1 is 1.09 bits per heavy atom. The maximum atomic E-state index is 13.5. The lowest BCUT2D eigenvalue weighted by molar-refractivity contribution is -0.111. The van der Waals surface area contributed by atoms with Crippen LogP contribution in [0, 0.1) is 13.8 Å². The molecule has 2 aromatic carbocycles. The lowest BCUT2D eigenvalue weighted by atomic mass is 10.1. The summed E-state index contributed by atoms with van der Waals surface area (Å²) in [5.41, 5.74) is 4.31. The summed E-state index contributed by atoms with van der Waals surface area (Å²) in [6.07, 6.45) is 3.20. The van der Waals surface area contributed by atoms with Gasteiger partial charge in [-0.05, 0) is 43.2 Å². The van der Waals surface area contributed by atoms with E-state index in [9.17, 15) is 9.59 Å². The summed E-state index contributed by atoms with van der Waals surface area (Å²) >= 11 is 1.42. The third-order valence-electron chi connectivity index (χ3n) is 5.73. The van der Waals surface area contributed by atoms with Crippen molar-refractivity contribution in [3.05, 3.63) is 76.9 Å². The smallest absolute Gasteiger partial charge is 0.257 e. The molecule has 0 saturated carbocycles. The number of rotatable bonds is 6. The molecule has 1 saturated heterocycles. The molecule has 7 heteroatoms. The van der Waals surface area contributed by atoms with Crippen LogP contribution in [0.5, 0.6) is 5.75 Å². The van der Waals surface area contributed by atoms with Crippen molar-refractivity contribution < 1.29 is 19.1 Å². The Hall–Kier alpha value is -3.42. The monoisotopic (exact) mass is 476 g/mol. The summed E-state index contributed by atoms with van der Waals surface area (Å²) in [5.74, 6) is 0.301. The van der Waals surface area contributed by atoms with Crippen LogP contribution >= 0.6 is 11.3 Å². The average molecular weight is 477 g/mol. The fourth-order valence-electron chi connectivity index (χ4n) is 3.95. The minimum Gasteiger partial charge on any atom is -0.496 e. The summed E-state index contributed by atoms with van der Waals surface area (Å²) in [6.45, 7) is 6.03. The fraction of sp³-hybridized carbons (Fsp3) is 0.259. The van der Waals surface area contributed by atoms with Gasteiger partial charge in [0.1, 0.15) is 10.8 Å². The highest BCUT2D eigenvalue weighted by atomic mass is 32.1. The van der Waals surface area contributed by atoms with Crippen LogP contribution in [0.2, 0.25) is 0 Å². The molecule has 0 atom stereocenters. The maximum absolute atomic E-state index is 13.5. The zero-order valence-electron chi connectivity index (χ0n) is 19.6. The number of benzene rings is 2. The topological polar surface area (TPSA) is 67.9 Å². The molecule has 0 aliphatic carbocycles. The molecular formula is C27H28N2O4S. The predicted molar refractivity (Wildman–Crippen MR) is 137 cm³/mol. The van der Waals surface area contributed by atoms with Crippen molar-refractivity contribution in [3.8, 4) is 16.2 Å². The van der Waals surface area contributed by atoms with Crippen molar-refractivity contribution in [1.29, 1.82) is 0 Å². The number of methoxy groups -OCH3 is 1. The Kier molecular flexibility index (Phi) is 7.45. The van der Waals surface area contributed by atoms with Gasteiger partial charge in [0.15, 0.2) is 0 Å². The Balaban J connectivity index is 1.65. The van der Waals surface area contributed by atoms with Crippen LogP contribution in [-0.2, 0) is 9.53 Å². The Morgan fingerprint density at radius 3 is 2.53 bits per heavy atom. The molecule has 3 aromatic rings. The lowest BCUT2D eigenvalue weighted by Crippen LogP contribution is -2.41. The second kappa shape index (κ2) is 10.7. The maximum Gasteiger partial charge on any atom is 0.257 e. The number of aryl methyl sites for hydroxylation is 1. The molecule has 176 valence electrons. The molecule has 1 aromatic heterocycles. The van der Waals surface area contributed by atoms with E-state index in [0.717, 1.165) is 27.1 Å². The predicted octanol–water partition coefficient (Wildman–Crippen LogP) is 5.16. The minimum atomic E-state index is -0.305. The first-order valence-electron chi connectivity index (χ1n) is 11.2. The van der Waals surface area contributed by atoms with E-state index in [1.165, 1.54) is 17.4 Å². The quantitative estimate of drug-likeness (QED) is 0.499. The average Bonchev–Trinajstić information content (AvgIpc) is 3.18. The number of ether oxygens (including phenoxy) is 2. The highest BCUT2D eigenvalue weighted by Crippen LogP contribution is 2.40. The van der Waals surface area contributed by atoms with Crippen molar-refractivity contribution in [2.75, 3.05) is 38.7 Å². The molecule has 1 fully saturated rings. The summed E-state index contributed by atoms with van der Waals surface area (Å²) < 4.78 is 10.8. The molecule has 0 spiro atoms. The van der Waals surface area contributed by atoms with Crippen LogP contribution in [0.4, 0.5) is 5.00 Å². The van der Waals surface area contributed by atoms with Gasteiger partial charge in [0.2, 0.25) is 5.91 Å². The van der Waals surface area contributed by atoms with E-state index < -0.39 is 0 Å². The number of carbonyl (C=O) groups is 2. The molecule has 0 radical (unpaired) electrons. The van der Waals surface area contributed by atoms with Crippen molar-refractivity contribution in [2.45, 2.75) is 13.8 Å². The number of anilines is 1. The molecule has 2 heterocycles. The molecule has 1 aliphatic rings. The van der Waals surface area contributed by atoms with Crippen molar-refractivity contribution in [2.24, 2.45) is 0 Å². The van der Waals surface area contributed by atoms with Gasteiger partial charge in [-0.25, -0.2) is 0 Å². The number of carbonyl (C=O) groups excluding carboxylic acids is 2. The lowest BCUT2D eigenvalue weighted by Gasteiger charge is -2.27. The molecule has 6 nitrogen and oxygen atoms in total. The SMILES string of the molecule is COc1ccc(C)cc1/C=C/C(=O)Nc1sc(-c2ccccc2)c(C)c1C(=O)N1CCOCC1. The Morgan fingerprint density at radius 2 is 1.82 bits per heavy atom. The number of hydrogen-bond acceptors (Lipinski definition) is 5. The number of nitrogens with zero attached hydrogens (tertiary/aromatic N) is 1. The molecule has 1 aliphatic heterocycles. The van der Waals surface area contributed by atoms with Gasteiger partial charge in [-0.3, -0.25) is 9.59 Å². The van der Waals surface area contributed by atoms with Gasteiger partial charge in [-0.15, -0.1) is 11.3 Å². The van der Waals surface area contributed by atoms with Gasteiger partial charge >= 0.3 is 0 Å². The second-order valence-corrected chi connectivity index (χ2v) is 9.12. The molecule has 2 amide bonds. The molecule has 1 N–H and O–H groups in total. The molecule has 0 bridgehead atoms.